The lowest BCUT2D eigenvalue weighted by Crippen LogP contribution is -2.38. The van der Waals surface area contributed by atoms with Crippen LogP contribution >= 0.6 is 11.9 Å². The topological polar surface area (TPSA) is 50.4 Å². The summed E-state index contributed by atoms with van der Waals surface area (Å²) in [4.78, 5) is 11.7. The highest BCUT2D eigenvalue weighted by Crippen LogP contribution is 2.14. The van der Waals surface area contributed by atoms with Crippen LogP contribution in [-0.2, 0) is 11.2 Å². The summed E-state index contributed by atoms with van der Waals surface area (Å²) in [7, 11) is 0. The molecule has 0 spiro atoms. The first-order chi connectivity index (χ1) is 9.30. The number of benzene rings is 1. The molecule has 2 N–H and O–H groups in total. The summed E-state index contributed by atoms with van der Waals surface area (Å²) < 4.78 is 8.41. The van der Waals surface area contributed by atoms with E-state index in [-0.39, 0.29) is 12.1 Å². The molecule has 0 aliphatic rings. The number of amides is 1. The van der Waals surface area contributed by atoms with Crippen LogP contribution in [0.1, 0.15) is 33.3 Å². The third-order valence-electron chi connectivity index (χ3n) is 2.48. The Hall–Kier alpha value is -1.36. The molecule has 1 aromatic carbocycles. The van der Waals surface area contributed by atoms with E-state index in [1.807, 2.05) is 46.1 Å². The average Bonchev–Trinajstić information content (AvgIpc) is 2.29. The van der Waals surface area contributed by atoms with Gasteiger partial charge in [0.05, 0.1) is 0 Å². The molecule has 0 aromatic heterocycles. The predicted octanol–water partition coefficient (Wildman–Crippen LogP) is 3.83. The van der Waals surface area contributed by atoms with Crippen molar-refractivity contribution in [2.24, 2.45) is 0 Å². The number of hydrogen-bond acceptors (Lipinski definition) is 4. The molecule has 4 nitrogen and oxygen atoms in total. The highest BCUT2D eigenvalue weighted by atomic mass is 32.2. The van der Waals surface area contributed by atoms with Crippen LogP contribution in [0.15, 0.2) is 24.3 Å². The smallest absolute Gasteiger partial charge is 0.407 e. The normalized spacial score (nSPS) is 12.7. The minimum absolute atomic E-state index is 0.0317. The maximum atomic E-state index is 11.7. The van der Waals surface area contributed by atoms with Gasteiger partial charge in [0, 0.05) is 18.0 Å². The zero-order valence-electron chi connectivity index (χ0n) is 12.8. The van der Waals surface area contributed by atoms with Gasteiger partial charge in [-0.3, -0.25) is 0 Å². The Morgan fingerprint density at radius 1 is 1.30 bits per heavy atom. The Bertz CT molecular complexity index is 426. The first-order valence-corrected chi connectivity index (χ1v) is 7.90. The summed E-state index contributed by atoms with van der Waals surface area (Å²) in [5.74, 6) is 0. The second-order valence-corrected chi connectivity index (χ2v) is 6.37. The lowest BCUT2D eigenvalue weighted by atomic mass is 10.1. The molecule has 0 radical (unpaired) electrons. The van der Waals surface area contributed by atoms with Gasteiger partial charge in [0.2, 0.25) is 0 Å². The molecule has 1 atom stereocenters. The van der Waals surface area contributed by atoms with Crippen LogP contribution in [0.5, 0.6) is 0 Å². The number of ether oxygens (including phenoxy) is 1. The van der Waals surface area contributed by atoms with E-state index >= 15 is 0 Å². The molecule has 1 aromatic rings. The molecule has 1 amide bonds. The van der Waals surface area contributed by atoms with Crippen LogP contribution in [0.3, 0.4) is 0 Å². The first-order valence-electron chi connectivity index (χ1n) is 6.67. The Balaban J connectivity index is 2.45. The fourth-order valence-corrected chi connectivity index (χ4v) is 2.11. The van der Waals surface area contributed by atoms with E-state index in [1.54, 1.807) is 11.9 Å². The summed E-state index contributed by atoms with van der Waals surface area (Å²) in [5, 5.41) is 2.84. The van der Waals surface area contributed by atoms with Gasteiger partial charge in [-0.25, -0.2) is 4.79 Å². The van der Waals surface area contributed by atoms with Crippen LogP contribution in [0.2, 0.25) is 0 Å². The molecule has 20 heavy (non-hydrogen) atoms. The summed E-state index contributed by atoms with van der Waals surface area (Å²) in [6.45, 7) is 7.54. The van der Waals surface area contributed by atoms with E-state index in [0.717, 1.165) is 12.1 Å². The van der Waals surface area contributed by atoms with Gasteiger partial charge in [0.15, 0.2) is 0 Å². The third-order valence-corrected chi connectivity index (χ3v) is 2.92. The highest BCUT2D eigenvalue weighted by Gasteiger charge is 2.17. The van der Waals surface area contributed by atoms with Gasteiger partial charge >= 0.3 is 6.09 Å². The van der Waals surface area contributed by atoms with Crippen LogP contribution < -0.4 is 10.0 Å². The van der Waals surface area contributed by atoms with Crippen LogP contribution in [0.25, 0.3) is 0 Å². The number of carbonyl (C=O) groups is 1. The fourth-order valence-electron chi connectivity index (χ4n) is 1.74. The van der Waals surface area contributed by atoms with Crippen molar-refractivity contribution in [1.82, 2.24) is 5.32 Å². The minimum atomic E-state index is -0.463. The van der Waals surface area contributed by atoms with Gasteiger partial charge in [-0.05, 0) is 51.8 Å². The summed E-state index contributed by atoms with van der Waals surface area (Å²) in [6, 6.07) is 8.22. The largest absolute Gasteiger partial charge is 0.444 e. The summed E-state index contributed by atoms with van der Waals surface area (Å²) >= 11 is 1.56. The van der Waals surface area contributed by atoms with Gasteiger partial charge in [-0.15, -0.1) is 0 Å². The molecule has 0 aliphatic heterocycles. The number of hydrogen-bond donors (Lipinski definition) is 2. The number of nitrogens with one attached hydrogen (secondary N) is 2. The van der Waals surface area contributed by atoms with Crippen molar-refractivity contribution in [2.75, 3.05) is 11.0 Å². The van der Waals surface area contributed by atoms with E-state index in [1.165, 1.54) is 5.56 Å². The Labute approximate surface area is 125 Å². The van der Waals surface area contributed by atoms with Gasteiger partial charge in [-0.1, -0.05) is 24.1 Å². The van der Waals surface area contributed by atoms with E-state index in [4.69, 9.17) is 4.74 Å². The average molecular weight is 296 g/mol. The van der Waals surface area contributed by atoms with Crippen molar-refractivity contribution in [1.29, 1.82) is 0 Å². The molecule has 5 heteroatoms. The van der Waals surface area contributed by atoms with Gasteiger partial charge in [-0.2, -0.15) is 0 Å². The van der Waals surface area contributed by atoms with E-state index < -0.39 is 5.60 Å². The predicted molar refractivity (Wildman–Crippen MR) is 86.1 cm³/mol. The Morgan fingerprint density at radius 2 is 1.90 bits per heavy atom. The summed E-state index contributed by atoms with van der Waals surface area (Å²) in [5.41, 5.74) is 1.80. The molecule has 0 fully saturated rings. The van der Waals surface area contributed by atoms with Crippen LogP contribution in [-0.4, -0.2) is 24.0 Å². The molecule has 0 aliphatic carbocycles. The molecule has 0 heterocycles. The molecule has 1 unspecified atom stereocenters. The first kappa shape index (κ1) is 16.7. The van der Waals surface area contributed by atoms with Crippen molar-refractivity contribution < 1.29 is 9.53 Å². The van der Waals surface area contributed by atoms with Crippen LogP contribution in [0, 0.1) is 0 Å². The van der Waals surface area contributed by atoms with Gasteiger partial charge < -0.3 is 14.8 Å². The maximum Gasteiger partial charge on any atom is 0.407 e. The van der Waals surface area contributed by atoms with Crippen molar-refractivity contribution >= 4 is 23.7 Å². The zero-order valence-corrected chi connectivity index (χ0v) is 13.6. The molecular formula is C15H24N2O2S. The monoisotopic (exact) mass is 296 g/mol. The van der Waals surface area contributed by atoms with E-state index in [2.05, 4.69) is 22.2 Å². The quantitative estimate of drug-likeness (QED) is 0.811. The van der Waals surface area contributed by atoms with Crippen molar-refractivity contribution in [3.63, 3.8) is 0 Å². The second kappa shape index (κ2) is 7.43. The molecular weight excluding hydrogens is 272 g/mol. The standard InChI is InChI=1S/C15H24N2O2S/c1-11(16-14(18)19-15(2,3)4)10-12-6-8-13(9-7-12)17-20-5/h6-9,11,17H,10H2,1-5H3,(H,16,18). The number of carbonyl (C=O) groups excluding carboxylic acids is 1. The van der Waals surface area contributed by atoms with Gasteiger partial charge in [0.25, 0.3) is 0 Å². The molecule has 0 bridgehead atoms. The minimum Gasteiger partial charge on any atom is -0.444 e. The van der Waals surface area contributed by atoms with E-state index in [9.17, 15) is 4.79 Å². The second-order valence-electron chi connectivity index (χ2n) is 5.75. The van der Waals surface area contributed by atoms with Gasteiger partial charge in [0.1, 0.15) is 5.60 Å². The number of alkyl carbamates (subject to hydrolysis) is 1. The van der Waals surface area contributed by atoms with Crippen LogP contribution in [0.4, 0.5) is 10.5 Å². The molecule has 1 rings (SSSR count). The lowest BCUT2D eigenvalue weighted by Gasteiger charge is -2.22. The van der Waals surface area contributed by atoms with Crippen molar-refractivity contribution in [2.45, 2.75) is 45.8 Å². The summed E-state index contributed by atoms with van der Waals surface area (Å²) in [6.07, 6.45) is 2.39. The third kappa shape index (κ3) is 6.70. The SMILES string of the molecule is CSNc1ccc(CC(C)NC(=O)OC(C)(C)C)cc1. The van der Waals surface area contributed by atoms with Crippen molar-refractivity contribution in [3.8, 4) is 0 Å². The van der Waals surface area contributed by atoms with E-state index in [0.29, 0.717) is 0 Å². The zero-order chi connectivity index (χ0) is 15.2. The number of anilines is 1. The number of rotatable bonds is 5. The fraction of sp³-hybridized carbons (Fsp3) is 0.533. The molecule has 112 valence electrons. The molecule has 0 saturated heterocycles. The highest BCUT2D eigenvalue weighted by molar-refractivity contribution is 7.99. The van der Waals surface area contributed by atoms with Crippen molar-refractivity contribution in [3.05, 3.63) is 29.8 Å². The molecule has 0 saturated carbocycles. The Kier molecular flexibility index (Phi) is 6.20. The maximum absolute atomic E-state index is 11.7. The Morgan fingerprint density at radius 3 is 2.40 bits per heavy atom. The lowest BCUT2D eigenvalue weighted by molar-refractivity contribution is 0.0508.